The van der Waals surface area contributed by atoms with Crippen LogP contribution in [0.25, 0.3) is 0 Å². The number of ether oxygens (including phenoxy) is 4. The fourth-order valence-electron chi connectivity index (χ4n) is 3.61. The smallest absolute Gasteiger partial charge is 0.465 e. The average Bonchev–Trinajstić information content (AvgIpc) is 3.21. The van der Waals surface area contributed by atoms with Crippen molar-refractivity contribution in [1.29, 1.82) is 0 Å². The van der Waals surface area contributed by atoms with E-state index in [-0.39, 0.29) is 64.8 Å². The molecule has 1 aromatic rings. The molecule has 0 N–H and O–H groups in total. The van der Waals surface area contributed by atoms with Crippen LogP contribution >= 0.6 is 0 Å². The highest BCUT2D eigenvalue weighted by molar-refractivity contribution is 5.75. The highest BCUT2D eigenvalue weighted by atomic mass is 16.7. The molecule has 2 unspecified atom stereocenters. The van der Waals surface area contributed by atoms with Crippen molar-refractivity contribution in [1.82, 2.24) is 0 Å². The van der Waals surface area contributed by atoms with Gasteiger partial charge in [-0.15, -0.1) is 0 Å². The molecule has 0 saturated heterocycles. The Kier molecular flexibility index (Phi) is 23.0. The van der Waals surface area contributed by atoms with E-state index >= 15 is 0 Å². The van der Waals surface area contributed by atoms with Crippen LogP contribution in [-0.2, 0) is 35.0 Å². The Morgan fingerprint density at radius 1 is 0.725 bits per heavy atom. The van der Waals surface area contributed by atoms with Gasteiger partial charge in [-0.25, -0.2) is 9.59 Å². The Bertz CT molecular complexity index is 1180. The average molecular weight is 731 g/mol. The van der Waals surface area contributed by atoms with Gasteiger partial charge in [-0.05, 0) is 88.9 Å². The molecule has 2 atom stereocenters. The topological polar surface area (TPSA) is 131 Å². The van der Waals surface area contributed by atoms with Gasteiger partial charge in [0.25, 0.3) is 0 Å². The molecule has 1 saturated carbocycles. The third-order valence-electron chi connectivity index (χ3n) is 7.65. The van der Waals surface area contributed by atoms with Crippen molar-refractivity contribution in [2.75, 3.05) is 6.61 Å². The minimum Gasteiger partial charge on any atom is -0.465 e. The highest BCUT2D eigenvalue weighted by Gasteiger charge is 2.27. The number of esters is 2. The molecule has 0 radical (unpaired) electrons. The maximum absolute atomic E-state index is 11.5. The molecule has 10 nitrogen and oxygen atoms in total. The lowest BCUT2D eigenvalue weighted by Crippen LogP contribution is -2.31. The number of hydrogen-bond acceptors (Lipinski definition) is 10. The predicted molar refractivity (Wildman–Crippen MR) is 206 cm³/mol. The monoisotopic (exact) mass is 731 g/mol. The molecule has 0 amide bonds. The maximum atomic E-state index is 11.5. The zero-order chi connectivity index (χ0) is 39.9. The molecule has 51 heavy (non-hydrogen) atoms. The van der Waals surface area contributed by atoms with Crippen LogP contribution in [0.2, 0.25) is 0 Å². The zero-order valence-electron chi connectivity index (χ0n) is 35.3. The van der Waals surface area contributed by atoms with Gasteiger partial charge in [0.2, 0.25) is 0 Å². The van der Waals surface area contributed by atoms with E-state index in [9.17, 15) is 19.2 Å². The summed E-state index contributed by atoms with van der Waals surface area (Å²) >= 11 is 0. The van der Waals surface area contributed by atoms with Gasteiger partial charge < -0.3 is 27.8 Å². The quantitative estimate of drug-likeness (QED) is 0.213. The molecule has 2 rings (SSSR count). The van der Waals surface area contributed by atoms with E-state index in [2.05, 4.69) is 20.8 Å². The van der Waals surface area contributed by atoms with Crippen molar-refractivity contribution < 1.29 is 42.2 Å². The number of rotatable bonds is 5. The Morgan fingerprint density at radius 3 is 1.49 bits per heavy atom. The molecule has 302 valence electrons. The third-order valence-corrected chi connectivity index (χ3v) is 7.65. The van der Waals surface area contributed by atoms with Crippen molar-refractivity contribution >= 4 is 18.1 Å². The summed E-state index contributed by atoms with van der Waals surface area (Å²) in [4.78, 5) is 44.0. The normalized spacial score (nSPS) is 15.0. The van der Waals surface area contributed by atoms with Gasteiger partial charge in [-0.2, -0.15) is 0 Å². The van der Waals surface area contributed by atoms with Crippen LogP contribution in [-0.4, -0.2) is 43.0 Å². The summed E-state index contributed by atoms with van der Waals surface area (Å²) in [6.45, 7) is 37.7. The largest absolute Gasteiger partial charge is 0.519 e. The van der Waals surface area contributed by atoms with Crippen LogP contribution in [0.5, 0.6) is 0 Å². The van der Waals surface area contributed by atoms with E-state index in [0.29, 0.717) is 18.1 Å². The number of carbonyl (C=O) groups is 3. The zero-order valence-corrected chi connectivity index (χ0v) is 35.3. The summed E-state index contributed by atoms with van der Waals surface area (Å²) in [6.07, 6.45) is 5.71. The standard InChI is InChI=1S/C13H24O3.C10H20O2.C9H14O3.C8H16O2.CH4/c1-10(13(2,3)4)15-12(14)16-11-8-6-5-7-9-11;1-9(2,3)7-12-8(11)10(4,5)6;1-6-7(5-9(2,3)4)12-8(10)11-6;1-6(8(3,4)5)10-7(2)9;/h10-11H,5-9H2,1-4H3;7H2,1-6H3;5H2,1-4H3;6H,1-5H3;1H4. The lowest BCUT2D eigenvalue weighted by molar-refractivity contribution is -0.155. The molecule has 10 heteroatoms. The molecular formula is C41H78O10. The third kappa shape index (κ3) is 28.5. The second kappa shape index (κ2) is 22.3. The molecule has 0 spiro atoms. The minimum absolute atomic E-state index is 0. The SMILES string of the molecule is C.CC(=O)OC(C)C(C)(C)C.CC(C)(C)COC(=O)C(C)(C)C.CC(OC(=O)OC1CCCCC1)C(C)(C)C.Cc1oc(=O)oc1CC(C)(C)C. The van der Waals surface area contributed by atoms with Crippen LogP contribution in [0.4, 0.5) is 4.79 Å². The molecule has 1 aromatic heterocycles. The second-order valence-corrected chi connectivity index (χ2v) is 18.9. The van der Waals surface area contributed by atoms with Crippen LogP contribution in [0.1, 0.15) is 176 Å². The van der Waals surface area contributed by atoms with Gasteiger partial charge in [-0.3, -0.25) is 9.59 Å². The Hall–Kier alpha value is -2.78. The van der Waals surface area contributed by atoms with Crippen LogP contribution in [0.15, 0.2) is 13.6 Å². The van der Waals surface area contributed by atoms with Gasteiger partial charge in [0.1, 0.15) is 29.8 Å². The minimum atomic E-state index is -0.605. The Morgan fingerprint density at radius 2 is 1.18 bits per heavy atom. The summed E-state index contributed by atoms with van der Waals surface area (Å²) in [7, 11) is 0. The molecule has 1 aliphatic carbocycles. The molecule has 0 bridgehead atoms. The number of carbonyl (C=O) groups excluding carboxylic acids is 3. The van der Waals surface area contributed by atoms with Gasteiger partial charge in [0.15, 0.2) is 0 Å². The molecule has 0 aliphatic heterocycles. The number of aryl methyl sites for hydroxylation is 1. The van der Waals surface area contributed by atoms with Gasteiger partial charge >= 0.3 is 23.9 Å². The van der Waals surface area contributed by atoms with Crippen molar-refractivity contribution in [2.45, 2.75) is 196 Å². The lowest BCUT2D eigenvalue weighted by atomic mass is 9.90. The summed E-state index contributed by atoms with van der Waals surface area (Å²) in [5.74, 6) is 0.314. The van der Waals surface area contributed by atoms with Crippen LogP contribution in [0, 0.1) is 34.0 Å². The first-order chi connectivity index (χ1) is 22.2. The summed E-state index contributed by atoms with van der Waals surface area (Å²) < 4.78 is 30.3. The molecule has 1 heterocycles. The molecular weight excluding hydrogens is 652 g/mol. The van der Waals surface area contributed by atoms with Crippen molar-refractivity contribution in [2.24, 2.45) is 27.1 Å². The fourth-order valence-corrected chi connectivity index (χ4v) is 3.61. The van der Waals surface area contributed by atoms with Crippen LogP contribution in [0.3, 0.4) is 0 Å². The van der Waals surface area contributed by atoms with Crippen molar-refractivity contribution in [3.8, 4) is 0 Å². The van der Waals surface area contributed by atoms with E-state index in [1.165, 1.54) is 13.3 Å². The van der Waals surface area contributed by atoms with E-state index in [1.807, 2.05) is 96.9 Å². The van der Waals surface area contributed by atoms with Crippen molar-refractivity contribution in [3.05, 3.63) is 22.1 Å². The van der Waals surface area contributed by atoms with Gasteiger partial charge in [-0.1, -0.05) is 96.9 Å². The van der Waals surface area contributed by atoms with Gasteiger partial charge in [0.05, 0.1) is 12.0 Å². The Labute approximate surface area is 311 Å². The fraction of sp³-hybridized carbons (Fsp3) is 0.854. The first kappa shape index (κ1) is 52.6. The summed E-state index contributed by atoms with van der Waals surface area (Å²) in [5, 5.41) is 0. The summed E-state index contributed by atoms with van der Waals surface area (Å²) in [6, 6.07) is 0. The first-order valence-corrected chi connectivity index (χ1v) is 18.1. The molecule has 0 aromatic carbocycles. The van der Waals surface area contributed by atoms with E-state index in [0.717, 1.165) is 32.1 Å². The second-order valence-electron chi connectivity index (χ2n) is 18.9. The Balaban J connectivity index is -0.000000608. The van der Waals surface area contributed by atoms with Crippen molar-refractivity contribution in [3.63, 3.8) is 0 Å². The molecule has 1 aliphatic rings. The highest BCUT2D eigenvalue weighted by Crippen LogP contribution is 2.25. The summed E-state index contributed by atoms with van der Waals surface area (Å²) in [5.41, 5.74) is -0.200. The molecule has 1 fully saturated rings. The van der Waals surface area contributed by atoms with E-state index in [1.54, 1.807) is 6.92 Å². The van der Waals surface area contributed by atoms with Gasteiger partial charge in [0, 0.05) is 13.3 Å². The number of hydrogen-bond donors (Lipinski definition) is 0. The van der Waals surface area contributed by atoms with E-state index < -0.39 is 12.0 Å². The van der Waals surface area contributed by atoms with Crippen LogP contribution < -0.4 is 5.82 Å². The lowest BCUT2D eigenvalue weighted by Gasteiger charge is -2.28. The predicted octanol–water partition coefficient (Wildman–Crippen LogP) is 11.3. The first-order valence-electron chi connectivity index (χ1n) is 18.1. The van der Waals surface area contributed by atoms with E-state index in [4.69, 9.17) is 27.8 Å². The maximum Gasteiger partial charge on any atom is 0.519 e.